The van der Waals surface area contributed by atoms with E-state index < -0.39 is 6.10 Å². The summed E-state index contributed by atoms with van der Waals surface area (Å²) in [6.45, 7) is 2.03. The summed E-state index contributed by atoms with van der Waals surface area (Å²) in [6, 6.07) is 4.00. The maximum Gasteiger partial charge on any atom is 0.125 e. The summed E-state index contributed by atoms with van der Waals surface area (Å²) in [6.07, 6.45) is 5.61. The number of benzene rings is 1. The first-order valence-corrected chi connectivity index (χ1v) is 7.45. The lowest BCUT2D eigenvalue weighted by molar-refractivity contribution is 0.0824. The fourth-order valence-corrected chi connectivity index (χ4v) is 3.14. The highest BCUT2D eigenvalue weighted by molar-refractivity contribution is 9.10. The molecule has 0 heterocycles. The van der Waals surface area contributed by atoms with E-state index in [1.165, 1.54) is 19.3 Å². The summed E-state index contributed by atoms with van der Waals surface area (Å²) in [7, 11) is 1.67. The topological polar surface area (TPSA) is 29.5 Å². The Labute approximate surface area is 117 Å². The summed E-state index contributed by atoms with van der Waals surface area (Å²) in [4.78, 5) is 0. The molecule has 0 radical (unpaired) electrons. The first-order chi connectivity index (χ1) is 8.63. The molecule has 1 aliphatic rings. The number of hydrogen-bond donors (Lipinski definition) is 1. The van der Waals surface area contributed by atoms with Crippen LogP contribution >= 0.6 is 15.9 Å². The minimum Gasteiger partial charge on any atom is -0.496 e. The summed E-state index contributed by atoms with van der Waals surface area (Å²) < 4.78 is 6.45. The van der Waals surface area contributed by atoms with Gasteiger partial charge < -0.3 is 9.84 Å². The standard InChI is InChI=1S/C15H21BrO2/c1-10-8-14(18-2)12(9-13(10)16)15(17)11-6-4-3-5-7-11/h8-9,11,15,17H,3-7H2,1-2H3. The van der Waals surface area contributed by atoms with Crippen molar-refractivity contribution in [1.82, 2.24) is 0 Å². The van der Waals surface area contributed by atoms with Crippen LogP contribution in [0.3, 0.4) is 0 Å². The van der Waals surface area contributed by atoms with Gasteiger partial charge in [-0.25, -0.2) is 0 Å². The van der Waals surface area contributed by atoms with Gasteiger partial charge in [0, 0.05) is 10.0 Å². The van der Waals surface area contributed by atoms with Crippen molar-refractivity contribution in [3.05, 3.63) is 27.7 Å². The van der Waals surface area contributed by atoms with E-state index in [0.717, 1.165) is 34.2 Å². The average Bonchev–Trinajstić information content (AvgIpc) is 2.41. The average molecular weight is 313 g/mol. The molecule has 0 bridgehead atoms. The lowest BCUT2D eigenvalue weighted by atomic mass is 9.82. The first-order valence-electron chi connectivity index (χ1n) is 6.65. The van der Waals surface area contributed by atoms with Crippen LogP contribution in [0.5, 0.6) is 5.75 Å². The number of rotatable bonds is 3. The molecule has 1 aliphatic carbocycles. The van der Waals surface area contributed by atoms with E-state index in [9.17, 15) is 5.11 Å². The zero-order valence-corrected chi connectivity index (χ0v) is 12.7. The van der Waals surface area contributed by atoms with Gasteiger partial charge in [-0.1, -0.05) is 35.2 Å². The lowest BCUT2D eigenvalue weighted by Gasteiger charge is -2.28. The molecule has 2 nitrogen and oxygen atoms in total. The van der Waals surface area contributed by atoms with Crippen LogP contribution in [0.25, 0.3) is 0 Å². The Morgan fingerprint density at radius 1 is 1.28 bits per heavy atom. The van der Waals surface area contributed by atoms with Crippen LogP contribution in [-0.4, -0.2) is 12.2 Å². The molecule has 1 unspecified atom stereocenters. The third-order valence-corrected chi connectivity index (χ3v) is 4.78. The van der Waals surface area contributed by atoms with E-state index in [1.807, 2.05) is 19.1 Å². The summed E-state index contributed by atoms with van der Waals surface area (Å²) >= 11 is 3.54. The Kier molecular flexibility index (Phi) is 4.68. The maximum absolute atomic E-state index is 10.6. The van der Waals surface area contributed by atoms with Crippen LogP contribution in [0.15, 0.2) is 16.6 Å². The number of hydrogen-bond acceptors (Lipinski definition) is 2. The number of halogens is 1. The van der Waals surface area contributed by atoms with Gasteiger partial charge >= 0.3 is 0 Å². The zero-order valence-electron chi connectivity index (χ0n) is 11.1. The molecule has 0 aromatic heterocycles. The van der Waals surface area contributed by atoms with Crippen molar-refractivity contribution < 1.29 is 9.84 Å². The van der Waals surface area contributed by atoms with Gasteiger partial charge in [-0.15, -0.1) is 0 Å². The van der Waals surface area contributed by atoms with E-state index in [1.54, 1.807) is 7.11 Å². The molecule has 2 rings (SSSR count). The molecule has 1 aromatic carbocycles. The zero-order chi connectivity index (χ0) is 13.1. The quantitative estimate of drug-likeness (QED) is 0.897. The Balaban J connectivity index is 2.27. The van der Waals surface area contributed by atoms with Crippen LogP contribution in [0.4, 0.5) is 0 Å². The molecule has 1 saturated carbocycles. The van der Waals surface area contributed by atoms with Crippen molar-refractivity contribution in [1.29, 1.82) is 0 Å². The highest BCUT2D eigenvalue weighted by atomic mass is 79.9. The Morgan fingerprint density at radius 3 is 2.56 bits per heavy atom. The second-order valence-electron chi connectivity index (χ2n) is 5.19. The maximum atomic E-state index is 10.6. The highest BCUT2D eigenvalue weighted by Crippen LogP contribution is 2.39. The van der Waals surface area contributed by atoms with Crippen LogP contribution in [-0.2, 0) is 0 Å². The van der Waals surface area contributed by atoms with Gasteiger partial charge in [0.2, 0.25) is 0 Å². The number of aliphatic hydroxyl groups excluding tert-OH is 1. The molecule has 0 saturated heterocycles. The SMILES string of the molecule is COc1cc(C)c(Br)cc1C(O)C1CCCCC1. The van der Waals surface area contributed by atoms with Gasteiger partial charge in [0.05, 0.1) is 13.2 Å². The number of aliphatic hydroxyl groups is 1. The summed E-state index contributed by atoms with van der Waals surface area (Å²) in [5.74, 6) is 1.18. The Hall–Kier alpha value is -0.540. The minimum atomic E-state index is -0.405. The molecule has 1 N–H and O–H groups in total. The predicted octanol–water partition coefficient (Wildman–Crippen LogP) is 4.38. The Bertz CT molecular complexity index is 411. The van der Waals surface area contributed by atoms with Crippen LogP contribution in [0.1, 0.15) is 49.3 Å². The summed E-state index contributed by atoms with van der Waals surface area (Å²) in [5, 5.41) is 10.6. The molecular formula is C15H21BrO2. The third kappa shape index (κ3) is 2.89. The molecule has 18 heavy (non-hydrogen) atoms. The third-order valence-electron chi connectivity index (χ3n) is 3.93. The second kappa shape index (κ2) is 6.07. The lowest BCUT2D eigenvalue weighted by Crippen LogP contribution is -2.16. The summed E-state index contributed by atoms with van der Waals surface area (Å²) in [5.41, 5.74) is 2.05. The molecule has 0 aliphatic heterocycles. The van der Waals surface area contributed by atoms with Crippen molar-refractivity contribution >= 4 is 15.9 Å². The van der Waals surface area contributed by atoms with Crippen molar-refractivity contribution in [3.8, 4) is 5.75 Å². The van der Waals surface area contributed by atoms with Gasteiger partial charge in [-0.3, -0.25) is 0 Å². The molecule has 100 valence electrons. The number of methoxy groups -OCH3 is 1. The fourth-order valence-electron chi connectivity index (χ4n) is 2.78. The van der Waals surface area contributed by atoms with Crippen molar-refractivity contribution in [2.24, 2.45) is 5.92 Å². The first kappa shape index (κ1) is 13.9. The largest absolute Gasteiger partial charge is 0.496 e. The predicted molar refractivity (Wildman–Crippen MR) is 77.0 cm³/mol. The molecular weight excluding hydrogens is 292 g/mol. The van der Waals surface area contributed by atoms with Crippen molar-refractivity contribution in [2.75, 3.05) is 7.11 Å². The second-order valence-corrected chi connectivity index (χ2v) is 6.04. The molecule has 0 spiro atoms. The van der Waals surface area contributed by atoms with Gasteiger partial charge in [0.1, 0.15) is 5.75 Å². The Morgan fingerprint density at radius 2 is 1.94 bits per heavy atom. The normalized spacial score (nSPS) is 18.7. The molecule has 0 amide bonds. The van der Waals surface area contributed by atoms with E-state index in [-0.39, 0.29) is 0 Å². The van der Waals surface area contributed by atoms with Crippen molar-refractivity contribution in [2.45, 2.75) is 45.1 Å². The van der Waals surface area contributed by atoms with E-state index >= 15 is 0 Å². The van der Waals surface area contributed by atoms with Crippen LogP contribution in [0.2, 0.25) is 0 Å². The molecule has 1 aromatic rings. The van der Waals surface area contributed by atoms with Gasteiger partial charge in [0.15, 0.2) is 0 Å². The highest BCUT2D eigenvalue weighted by Gasteiger charge is 2.25. The number of ether oxygens (including phenoxy) is 1. The van der Waals surface area contributed by atoms with Gasteiger partial charge in [-0.05, 0) is 43.4 Å². The molecule has 3 heteroatoms. The molecule has 1 atom stereocenters. The van der Waals surface area contributed by atoms with Gasteiger partial charge in [-0.2, -0.15) is 0 Å². The number of aryl methyl sites for hydroxylation is 1. The monoisotopic (exact) mass is 312 g/mol. The van der Waals surface area contributed by atoms with Gasteiger partial charge in [0.25, 0.3) is 0 Å². The van der Waals surface area contributed by atoms with Crippen LogP contribution < -0.4 is 4.74 Å². The molecule has 1 fully saturated rings. The smallest absolute Gasteiger partial charge is 0.125 e. The van der Waals surface area contributed by atoms with E-state index in [2.05, 4.69) is 15.9 Å². The minimum absolute atomic E-state index is 0.377. The van der Waals surface area contributed by atoms with E-state index in [4.69, 9.17) is 4.74 Å². The van der Waals surface area contributed by atoms with Crippen LogP contribution in [0, 0.1) is 12.8 Å². The van der Waals surface area contributed by atoms with E-state index in [0.29, 0.717) is 5.92 Å². The fraction of sp³-hybridized carbons (Fsp3) is 0.600. The van der Waals surface area contributed by atoms with Crippen molar-refractivity contribution in [3.63, 3.8) is 0 Å².